The normalized spacial score (nSPS) is 34.4. The summed E-state index contributed by atoms with van der Waals surface area (Å²) in [6.07, 6.45) is 8.70. The summed E-state index contributed by atoms with van der Waals surface area (Å²) in [5.74, 6) is 4.02. The Balaban J connectivity index is 1.67. The van der Waals surface area contributed by atoms with Crippen LogP contribution in [0.15, 0.2) is 22.7 Å². The van der Waals surface area contributed by atoms with Crippen molar-refractivity contribution in [2.45, 2.75) is 82.8 Å². The van der Waals surface area contributed by atoms with Crippen molar-refractivity contribution < 1.29 is 4.43 Å². The van der Waals surface area contributed by atoms with Crippen LogP contribution in [0.3, 0.4) is 0 Å². The molecule has 1 nitrogen and oxygen atoms in total. The third kappa shape index (κ3) is 3.14. The maximum Gasteiger partial charge on any atom is 0.250 e. The number of hydrogen-bond donors (Lipinski definition) is 0. The van der Waals surface area contributed by atoms with Gasteiger partial charge in [0.25, 0.3) is 0 Å². The van der Waals surface area contributed by atoms with E-state index in [-0.39, 0.29) is 5.04 Å². The molecule has 0 unspecified atom stereocenters. The van der Waals surface area contributed by atoms with E-state index in [9.17, 15) is 0 Å². The predicted molar refractivity (Wildman–Crippen MR) is 112 cm³/mol. The van der Waals surface area contributed by atoms with Gasteiger partial charge in [-0.2, -0.15) is 0 Å². The van der Waals surface area contributed by atoms with Crippen molar-refractivity contribution in [3.05, 3.63) is 28.2 Å². The first-order valence-corrected chi connectivity index (χ1v) is 13.8. The van der Waals surface area contributed by atoms with Crippen LogP contribution >= 0.6 is 15.9 Å². The van der Waals surface area contributed by atoms with Crippen molar-refractivity contribution in [2.75, 3.05) is 0 Å². The van der Waals surface area contributed by atoms with E-state index in [2.05, 4.69) is 68.0 Å². The van der Waals surface area contributed by atoms with Gasteiger partial charge in [0.05, 0.1) is 0 Å². The lowest BCUT2D eigenvalue weighted by Crippen LogP contribution is -2.48. The lowest BCUT2D eigenvalue weighted by molar-refractivity contribution is -0.00557. The minimum absolute atomic E-state index is 0.237. The van der Waals surface area contributed by atoms with E-state index >= 15 is 0 Å². The van der Waals surface area contributed by atoms with Crippen LogP contribution in [0.25, 0.3) is 0 Å². The maximum atomic E-state index is 6.64. The fourth-order valence-corrected chi connectivity index (χ4v) is 7.55. The third-order valence-electron chi connectivity index (χ3n) is 7.73. The van der Waals surface area contributed by atoms with Gasteiger partial charge in [0.1, 0.15) is 5.75 Å². The van der Waals surface area contributed by atoms with Crippen molar-refractivity contribution in [1.29, 1.82) is 0 Å². The summed E-state index contributed by atoms with van der Waals surface area (Å²) in [6, 6.07) is 6.82. The molecule has 4 aliphatic rings. The molecule has 5 rings (SSSR count). The molecule has 1 aromatic rings. The molecule has 0 heterocycles. The second-order valence-corrected chi connectivity index (χ2v) is 16.3. The van der Waals surface area contributed by atoms with Crippen molar-refractivity contribution >= 4 is 24.2 Å². The van der Waals surface area contributed by atoms with Gasteiger partial charge < -0.3 is 4.43 Å². The second-order valence-electron chi connectivity index (χ2n) is 10.7. The highest BCUT2D eigenvalue weighted by Crippen LogP contribution is 2.61. The van der Waals surface area contributed by atoms with Crippen LogP contribution < -0.4 is 4.43 Å². The molecule has 0 saturated heterocycles. The topological polar surface area (TPSA) is 9.23 Å². The van der Waals surface area contributed by atoms with E-state index in [0.29, 0.717) is 5.41 Å². The van der Waals surface area contributed by atoms with E-state index in [0.717, 1.165) is 23.5 Å². The summed E-state index contributed by atoms with van der Waals surface area (Å²) in [7, 11) is -1.79. The number of benzene rings is 1. The molecule has 4 bridgehead atoms. The molecule has 138 valence electrons. The molecular formula is C22H33BrOSi. The number of halogens is 1. The highest BCUT2D eigenvalue weighted by atomic mass is 79.9. The van der Waals surface area contributed by atoms with Crippen LogP contribution in [-0.2, 0) is 5.41 Å². The maximum absolute atomic E-state index is 6.64. The van der Waals surface area contributed by atoms with Gasteiger partial charge in [0.15, 0.2) is 0 Å². The van der Waals surface area contributed by atoms with Crippen LogP contribution in [0.5, 0.6) is 5.75 Å². The molecule has 4 fully saturated rings. The summed E-state index contributed by atoms with van der Waals surface area (Å²) in [5.41, 5.74) is 1.96. The lowest BCUT2D eigenvalue weighted by atomic mass is 9.48. The molecule has 0 atom stereocenters. The molecule has 0 N–H and O–H groups in total. The van der Waals surface area contributed by atoms with Gasteiger partial charge in [-0.1, -0.05) is 36.7 Å². The minimum atomic E-state index is -1.79. The molecule has 0 amide bonds. The van der Waals surface area contributed by atoms with E-state index in [1.807, 2.05) is 0 Å². The Kier molecular flexibility index (Phi) is 4.24. The number of hydrogen-bond acceptors (Lipinski definition) is 1. The van der Waals surface area contributed by atoms with Crippen molar-refractivity contribution in [1.82, 2.24) is 0 Å². The number of rotatable bonds is 3. The minimum Gasteiger partial charge on any atom is -0.543 e. The lowest BCUT2D eigenvalue weighted by Gasteiger charge is -2.57. The molecular weight excluding hydrogens is 388 g/mol. The summed E-state index contributed by atoms with van der Waals surface area (Å²) >= 11 is 3.90. The standard InChI is InChI=1S/C22H33BrOSi/c1-21(2,3)25(4,5)24-18-6-7-20(23)19(11-18)22-12-15-8-16(13-22)10-17(9-15)14-22/h6-7,11,15-17H,8-10,12-14H2,1-5H3. The van der Waals surface area contributed by atoms with Crippen LogP contribution in [0.2, 0.25) is 18.1 Å². The molecule has 4 saturated carbocycles. The molecule has 0 spiro atoms. The summed E-state index contributed by atoms with van der Waals surface area (Å²) < 4.78 is 7.95. The fraction of sp³-hybridized carbons (Fsp3) is 0.727. The summed E-state index contributed by atoms with van der Waals surface area (Å²) in [6.45, 7) is 11.6. The van der Waals surface area contributed by atoms with Gasteiger partial charge in [-0.05, 0) is 104 Å². The van der Waals surface area contributed by atoms with Crippen molar-refractivity contribution in [3.63, 3.8) is 0 Å². The van der Waals surface area contributed by atoms with Gasteiger partial charge in [0, 0.05) is 4.47 Å². The SMILES string of the molecule is CC(C)(C)[Si](C)(C)Oc1ccc(Br)c(C23CC4CC(CC(C4)C2)C3)c1. The first-order valence-electron chi connectivity index (χ1n) is 10.1. The van der Waals surface area contributed by atoms with E-state index in [4.69, 9.17) is 4.43 Å². The smallest absolute Gasteiger partial charge is 0.250 e. The van der Waals surface area contributed by atoms with Gasteiger partial charge in [-0.25, -0.2) is 0 Å². The highest BCUT2D eigenvalue weighted by Gasteiger charge is 2.52. The largest absolute Gasteiger partial charge is 0.543 e. The monoisotopic (exact) mass is 420 g/mol. The molecule has 0 aliphatic heterocycles. The molecule has 1 aromatic carbocycles. The Morgan fingerprint density at radius 2 is 1.52 bits per heavy atom. The third-order valence-corrected chi connectivity index (χ3v) is 12.8. The Labute approximate surface area is 163 Å². The van der Waals surface area contributed by atoms with E-state index < -0.39 is 8.32 Å². The highest BCUT2D eigenvalue weighted by molar-refractivity contribution is 9.10. The zero-order valence-electron chi connectivity index (χ0n) is 16.5. The first kappa shape index (κ1) is 18.1. The zero-order chi connectivity index (χ0) is 18.0. The first-order chi connectivity index (χ1) is 11.6. The molecule has 0 aromatic heterocycles. The van der Waals surface area contributed by atoms with Crippen LogP contribution in [0.4, 0.5) is 0 Å². The van der Waals surface area contributed by atoms with Gasteiger partial charge in [0.2, 0.25) is 8.32 Å². The molecule has 25 heavy (non-hydrogen) atoms. The van der Waals surface area contributed by atoms with Crippen molar-refractivity contribution in [3.8, 4) is 5.75 Å². The van der Waals surface area contributed by atoms with Gasteiger partial charge in [-0.15, -0.1) is 0 Å². The Morgan fingerprint density at radius 1 is 1.00 bits per heavy atom. The van der Waals surface area contributed by atoms with E-state index in [1.54, 1.807) is 5.56 Å². The molecule has 3 heteroatoms. The van der Waals surface area contributed by atoms with E-state index in [1.165, 1.54) is 43.0 Å². The predicted octanol–water partition coefficient (Wildman–Crippen LogP) is 7.30. The summed E-state index contributed by atoms with van der Waals surface area (Å²) in [5, 5.41) is 0.237. The average Bonchev–Trinajstić information content (AvgIpc) is 2.46. The van der Waals surface area contributed by atoms with Crippen LogP contribution in [0, 0.1) is 17.8 Å². The second kappa shape index (κ2) is 5.86. The van der Waals surface area contributed by atoms with Gasteiger partial charge >= 0.3 is 0 Å². The summed E-state index contributed by atoms with van der Waals surface area (Å²) in [4.78, 5) is 0. The quantitative estimate of drug-likeness (QED) is 0.465. The Hall–Kier alpha value is -0.283. The Morgan fingerprint density at radius 3 is 2.00 bits per heavy atom. The molecule has 4 aliphatic carbocycles. The molecule has 0 radical (unpaired) electrons. The average molecular weight is 421 g/mol. The zero-order valence-corrected chi connectivity index (χ0v) is 19.1. The fourth-order valence-electron chi connectivity index (χ4n) is 5.86. The Bertz CT molecular complexity index is 638. The van der Waals surface area contributed by atoms with Crippen LogP contribution in [-0.4, -0.2) is 8.32 Å². The van der Waals surface area contributed by atoms with Crippen LogP contribution in [0.1, 0.15) is 64.9 Å². The van der Waals surface area contributed by atoms with Gasteiger partial charge in [-0.3, -0.25) is 0 Å². The van der Waals surface area contributed by atoms with Crippen molar-refractivity contribution in [2.24, 2.45) is 17.8 Å².